The van der Waals surface area contributed by atoms with Crippen molar-refractivity contribution < 1.29 is 5.11 Å². The van der Waals surface area contributed by atoms with E-state index in [-0.39, 0.29) is 5.41 Å². The van der Waals surface area contributed by atoms with Crippen molar-refractivity contribution in [2.45, 2.75) is 52.4 Å². The zero-order chi connectivity index (χ0) is 11.6. The van der Waals surface area contributed by atoms with E-state index in [2.05, 4.69) is 18.7 Å². The third-order valence-corrected chi connectivity index (χ3v) is 4.57. The Morgan fingerprint density at radius 2 is 1.75 bits per heavy atom. The predicted molar refractivity (Wildman–Crippen MR) is 67.4 cm³/mol. The van der Waals surface area contributed by atoms with Crippen molar-refractivity contribution >= 4 is 0 Å². The van der Waals surface area contributed by atoms with Crippen LogP contribution in [0, 0.1) is 10.8 Å². The lowest BCUT2D eigenvalue weighted by Gasteiger charge is -2.39. The van der Waals surface area contributed by atoms with Crippen LogP contribution in [0.3, 0.4) is 0 Å². The second-order valence-electron chi connectivity index (χ2n) is 6.84. The number of hydrogen-bond acceptors (Lipinski definition) is 2. The number of rotatable bonds is 3. The van der Waals surface area contributed by atoms with Gasteiger partial charge < -0.3 is 10.0 Å². The van der Waals surface area contributed by atoms with Crippen LogP contribution in [0.25, 0.3) is 0 Å². The quantitative estimate of drug-likeness (QED) is 0.798. The third kappa shape index (κ3) is 2.78. The summed E-state index contributed by atoms with van der Waals surface area (Å²) < 4.78 is 0. The lowest BCUT2D eigenvalue weighted by Crippen LogP contribution is -2.41. The van der Waals surface area contributed by atoms with Gasteiger partial charge >= 0.3 is 0 Å². The molecule has 2 nitrogen and oxygen atoms in total. The molecule has 1 N–H and O–H groups in total. The van der Waals surface area contributed by atoms with E-state index in [0.29, 0.717) is 12.0 Å². The normalized spacial score (nSPS) is 29.4. The van der Waals surface area contributed by atoms with Crippen LogP contribution in [-0.4, -0.2) is 36.2 Å². The second-order valence-corrected chi connectivity index (χ2v) is 6.84. The highest BCUT2D eigenvalue weighted by atomic mass is 16.3. The molecule has 1 aliphatic carbocycles. The molecule has 2 fully saturated rings. The van der Waals surface area contributed by atoms with E-state index < -0.39 is 0 Å². The minimum absolute atomic E-state index is 0.235. The van der Waals surface area contributed by atoms with E-state index in [1.54, 1.807) is 0 Å². The first kappa shape index (κ1) is 12.4. The highest BCUT2D eigenvalue weighted by Gasteiger charge is 2.37. The average Bonchev–Trinajstić information content (AvgIpc) is 2.59. The summed E-state index contributed by atoms with van der Waals surface area (Å²) in [5, 5.41) is 9.71. The highest BCUT2D eigenvalue weighted by Crippen LogP contribution is 2.39. The minimum Gasteiger partial charge on any atom is -0.396 e. The molecule has 2 aliphatic rings. The molecule has 1 aliphatic heterocycles. The average molecular weight is 225 g/mol. The molecule has 0 radical (unpaired) electrons. The first-order chi connectivity index (χ1) is 7.55. The Balaban J connectivity index is 1.91. The summed E-state index contributed by atoms with van der Waals surface area (Å²) in [5.74, 6) is 0. The summed E-state index contributed by atoms with van der Waals surface area (Å²) in [5.41, 5.74) is 0.726. The predicted octanol–water partition coefficient (Wildman–Crippen LogP) is 2.66. The van der Waals surface area contributed by atoms with Gasteiger partial charge in [-0.2, -0.15) is 0 Å². The molecule has 0 aromatic heterocycles. The zero-order valence-electron chi connectivity index (χ0n) is 11.0. The van der Waals surface area contributed by atoms with Crippen LogP contribution in [0.15, 0.2) is 0 Å². The molecule has 1 saturated carbocycles. The molecule has 2 heteroatoms. The van der Waals surface area contributed by atoms with E-state index in [1.165, 1.54) is 51.6 Å². The van der Waals surface area contributed by atoms with Gasteiger partial charge in [-0.05, 0) is 31.2 Å². The Hall–Kier alpha value is -0.0800. The van der Waals surface area contributed by atoms with Crippen LogP contribution in [0.5, 0.6) is 0 Å². The number of nitrogens with zero attached hydrogens (tertiary/aromatic N) is 1. The van der Waals surface area contributed by atoms with Gasteiger partial charge in [0.1, 0.15) is 0 Å². The summed E-state index contributed by atoms with van der Waals surface area (Å²) in [6, 6.07) is 0. The fourth-order valence-electron chi connectivity index (χ4n) is 3.50. The molecule has 0 spiro atoms. The number of likely N-dealkylation sites (tertiary alicyclic amines) is 1. The maximum Gasteiger partial charge on any atom is 0.0499 e. The van der Waals surface area contributed by atoms with Gasteiger partial charge in [0.15, 0.2) is 0 Å². The molecular formula is C14H27NO. The lowest BCUT2D eigenvalue weighted by atomic mass is 9.74. The largest absolute Gasteiger partial charge is 0.396 e. The summed E-state index contributed by atoms with van der Waals surface area (Å²) in [6.07, 6.45) is 7.79. The molecule has 0 bridgehead atoms. The summed E-state index contributed by atoms with van der Waals surface area (Å²) in [7, 11) is 0. The van der Waals surface area contributed by atoms with Gasteiger partial charge in [0.2, 0.25) is 0 Å². The lowest BCUT2D eigenvalue weighted by molar-refractivity contribution is 0.0451. The van der Waals surface area contributed by atoms with Gasteiger partial charge in [0.05, 0.1) is 0 Å². The van der Waals surface area contributed by atoms with Crippen molar-refractivity contribution in [3.05, 3.63) is 0 Å². The van der Waals surface area contributed by atoms with Crippen molar-refractivity contribution in [2.24, 2.45) is 10.8 Å². The SMILES string of the molecule is CC1(C)CCN(CC2(CO)CCCCC2)C1. The first-order valence-electron chi connectivity index (χ1n) is 6.89. The number of aliphatic hydroxyl groups is 1. The van der Waals surface area contributed by atoms with Crippen LogP contribution in [0.2, 0.25) is 0 Å². The van der Waals surface area contributed by atoms with Crippen LogP contribution in [0.1, 0.15) is 52.4 Å². The number of hydrogen-bond donors (Lipinski definition) is 1. The zero-order valence-corrected chi connectivity index (χ0v) is 11.0. The maximum atomic E-state index is 9.71. The Labute approximate surface area is 100 Å². The minimum atomic E-state index is 0.235. The molecular weight excluding hydrogens is 198 g/mol. The van der Waals surface area contributed by atoms with Gasteiger partial charge in [-0.15, -0.1) is 0 Å². The van der Waals surface area contributed by atoms with Crippen LogP contribution >= 0.6 is 0 Å². The van der Waals surface area contributed by atoms with Crippen molar-refractivity contribution in [3.8, 4) is 0 Å². The fourth-order valence-corrected chi connectivity index (χ4v) is 3.50. The Bertz CT molecular complexity index is 231. The summed E-state index contributed by atoms with van der Waals surface area (Å²) in [4.78, 5) is 2.58. The Morgan fingerprint density at radius 3 is 2.25 bits per heavy atom. The second kappa shape index (κ2) is 4.66. The third-order valence-electron chi connectivity index (χ3n) is 4.57. The molecule has 16 heavy (non-hydrogen) atoms. The molecule has 0 aromatic carbocycles. The molecule has 0 aromatic rings. The molecule has 0 atom stereocenters. The van der Waals surface area contributed by atoms with E-state index in [4.69, 9.17) is 0 Å². The van der Waals surface area contributed by atoms with E-state index in [1.807, 2.05) is 0 Å². The van der Waals surface area contributed by atoms with Crippen LogP contribution in [-0.2, 0) is 0 Å². The molecule has 0 amide bonds. The highest BCUT2D eigenvalue weighted by molar-refractivity contribution is 4.90. The van der Waals surface area contributed by atoms with Crippen molar-refractivity contribution in [1.82, 2.24) is 4.90 Å². The molecule has 0 unspecified atom stereocenters. The van der Waals surface area contributed by atoms with E-state index >= 15 is 0 Å². The van der Waals surface area contributed by atoms with Gasteiger partial charge in [-0.1, -0.05) is 33.1 Å². The van der Waals surface area contributed by atoms with Crippen LogP contribution < -0.4 is 0 Å². The first-order valence-corrected chi connectivity index (χ1v) is 6.89. The van der Waals surface area contributed by atoms with Crippen molar-refractivity contribution in [2.75, 3.05) is 26.2 Å². The van der Waals surface area contributed by atoms with E-state index in [9.17, 15) is 5.11 Å². The van der Waals surface area contributed by atoms with Gasteiger partial charge in [-0.25, -0.2) is 0 Å². The number of aliphatic hydroxyl groups excluding tert-OH is 1. The Kier molecular flexibility index (Phi) is 3.60. The van der Waals surface area contributed by atoms with Crippen molar-refractivity contribution in [3.63, 3.8) is 0 Å². The molecule has 2 rings (SSSR count). The summed E-state index contributed by atoms with van der Waals surface area (Å²) >= 11 is 0. The fraction of sp³-hybridized carbons (Fsp3) is 1.00. The van der Waals surface area contributed by atoms with Gasteiger partial charge in [0.25, 0.3) is 0 Å². The van der Waals surface area contributed by atoms with Crippen LogP contribution in [0.4, 0.5) is 0 Å². The smallest absolute Gasteiger partial charge is 0.0499 e. The molecule has 1 saturated heterocycles. The Morgan fingerprint density at radius 1 is 1.06 bits per heavy atom. The molecule has 1 heterocycles. The van der Waals surface area contributed by atoms with Gasteiger partial charge in [-0.3, -0.25) is 0 Å². The van der Waals surface area contributed by atoms with E-state index in [0.717, 1.165) is 6.54 Å². The summed E-state index contributed by atoms with van der Waals surface area (Å²) in [6.45, 7) is 8.69. The topological polar surface area (TPSA) is 23.5 Å². The van der Waals surface area contributed by atoms with Crippen molar-refractivity contribution in [1.29, 1.82) is 0 Å². The molecule has 94 valence electrons. The van der Waals surface area contributed by atoms with Gasteiger partial charge in [0, 0.05) is 25.1 Å². The standard InChI is InChI=1S/C14H27NO/c1-13(2)8-9-15(10-13)11-14(12-16)6-4-3-5-7-14/h16H,3-12H2,1-2H3. The maximum absolute atomic E-state index is 9.71. The monoisotopic (exact) mass is 225 g/mol.